The second-order valence-corrected chi connectivity index (χ2v) is 5.52. The third-order valence-corrected chi connectivity index (χ3v) is 3.46. The Morgan fingerprint density at radius 2 is 2.11 bits per heavy atom. The summed E-state index contributed by atoms with van der Waals surface area (Å²) in [6.07, 6.45) is 2.63. The van der Waals surface area contributed by atoms with E-state index in [1.54, 1.807) is 0 Å². The topological polar surface area (TPSA) is 83.6 Å². The molecule has 0 aliphatic carbocycles. The molecule has 0 aromatic heterocycles. The molecule has 1 unspecified atom stereocenters. The van der Waals surface area contributed by atoms with Crippen LogP contribution >= 0.6 is 0 Å². The third-order valence-electron chi connectivity index (χ3n) is 3.46. The van der Waals surface area contributed by atoms with Gasteiger partial charge >= 0.3 is 5.97 Å². The van der Waals surface area contributed by atoms with E-state index in [0.717, 1.165) is 12.8 Å². The van der Waals surface area contributed by atoms with Crippen LogP contribution in [0.25, 0.3) is 0 Å². The van der Waals surface area contributed by atoms with Gasteiger partial charge in [-0.2, -0.15) is 0 Å². The van der Waals surface area contributed by atoms with Crippen molar-refractivity contribution in [3.05, 3.63) is 0 Å². The van der Waals surface area contributed by atoms with Gasteiger partial charge in [-0.1, -0.05) is 13.8 Å². The lowest BCUT2D eigenvalue weighted by Gasteiger charge is -2.24. The van der Waals surface area contributed by atoms with Crippen LogP contribution in [0.3, 0.4) is 0 Å². The highest BCUT2D eigenvalue weighted by Crippen LogP contribution is 2.22. The maximum atomic E-state index is 12.1. The second-order valence-electron chi connectivity index (χ2n) is 5.52. The summed E-state index contributed by atoms with van der Waals surface area (Å²) >= 11 is 0. The largest absolute Gasteiger partial charge is 0.480 e. The standard InChI is InChI=1S/C13H24N2O3/c1-9(2)6-10(8-14)7-12(16)15-5-3-4-11(15)13(17)18/h9-11H,3-8,14H2,1-2H3,(H,17,18)/t10-,11?/m0/s1. The molecule has 0 radical (unpaired) electrons. The number of hydrogen-bond donors (Lipinski definition) is 2. The number of hydrogen-bond acceptors (Lipinski definition) is 3. The zero-order valence-corrected chi connectivity index (χ0v) is 11.3. The highest BCUT2D eigenvalue weighted by molar-refractivity contribution is 5.84. The molecule has 0 aromatic rings. The molecule has 1 aliphatic rings. The zero-order chi connectivity index (χ0) is 13.7. The average Bonchev–Trinajstić information content (AvgIpc) is 2.76. The van der Waals surface area contributed by atoms with Crippen LogP contribution in [-0.2, 0) is 9.59 Å². The molecular weight excluding hydrogens is 232 g/mol. The van der Waals surface area contributed by atoms with Crippen molar-refractivity contribution < 1.29 is 14.7 Å². The van der Waals surface area contributed by atoms with E-state index in [2.05, 4.69) is 13.8 Å². The Kier molecular flexibility index (Phi) is 5.59. The van der Waals surface area contributed by atoms with Gasteiger partial charge in [-0.25, -0.2) is 4.79 Å². The van der Waals surface area contributed by atoms with Crippen molar-refractivity contribution in [1.82, 2.24) is 4.90 Å². The molecule has 1 aliphatic heterocycles. The van der Waals surface area contributed by atoms with Crippen molar-refractivity contribution in [1.29, 1.82) is 0 Å². The monoisotopic (exact) mass is 256 g/mol. The summed E-state index contributed by atoms with van der Waals surface area (Å²) < 4.78 is 0. The van der Waals surface area contributed by atoms with Crippen LogP contribution in [0.5, 0.6) is 0 Å². The first kappa shape index (κ1) is 15.0. The van der Waals surface area contributed by atoms with Gasteiger partial charge in [-0.05, 0) is 37.6 Å². The average molecular weight is 256 g/mol. The number of carbonyl (C=O) groups excluding carboxylic acids is 1. The number of nitrogens with zero attached hydrogens (tertiary/aromatic N) is 1. The first-order valence-electron chi connectivity index (χ1n) is 6.68. The lowest BCUT2D eigenvalue weighted by Crippen LogP contribution is -2.41. The van der Waals surface area contributed by atoms with E-state index < -0.39 is 12.0 Å². The molecule has 2 atom stereocenters. The number of carboxylic acids is 1. The molecule has 1 saturated heterocycles. The summed E-state index contributed by atoms with van der Waals surface area (Å²) in [5.41, 5.74) is 5.68. The predicted molar refractivity (Wildman–Crippen MR) is 69.0 cm³/mol. The Hall–Kier alpha value is -1.10. The molecule has 3 N–H and O–H groups in total. The molecule has 1 rings (SSSR count). The molecule has 0 spiro atoms. The fourth-order valence-corrected chi connectivity index (χ4v) is 2.62. The minimum Gasteiger partial charge on any atom is -0.480 e. The third kappa shape index (κ3) is 3.98. The van der Waals surface area contributed by atoms with Crippen molar-refractivity contribution >= 4 is 11.9 Å². The molecule has 1 heterocycles. The summed E-state index contributed by atoms with van der Waals surface area (Å²) in [5.74, 6) is -0.294. The molecule has 0 aromatic carbocycles. The van der Waals surface area contributed by atoms with Gasteiger partial charge in [0, 0.05) is 13.0 Å². The van der Waals surface area contributed by atoms with Crippen molar-refractivity contribution in [3.63, 3.8) is 0 Å². The Morgan fingerprint density at radius 1 is 1.44 bits per heavy atom. The van der Waals surface area contributed by atoms with Gasteiger partial charge in [0.1, 0.15) is 6.04 Å². The van der Waals surface area contributed by atoms with Crippen molar-refractivity contribution in [3.8, 4) is 0 Å². The van der Waals surface area contributed by atoms with Gasteiger partial charge in [0.2, 0.25) is 5.91 Å². The first-order chi connectivity index (χ1) is 8.45. The van der Waals surface area contributed by atoms with Gasteiger partial charge < -0.3 is 15.7 Å². The van der Waals surface area contributed by atoms with E-state index in [1.165, 1.54) is 4.90 Å². The lowest BCUT2D eigenvalue weighted by molar-refractivity contribution is -0.148. The van der Waals surface area contributed by atoms with Gasteiger partial charge in [0.15, 0.2) is 0 Å². The van der Waals surface area contributed by atoms with E-state index in [4.69, 9.17) is 10.8 Å². The molecule has 5 heteroatoms. The predicted octanol–water partition coefficient (Wildman–Crippen LogP) is 1.07. The van der Waals surface area contributed by atoms with Gasteiger partial charge in [0.25, 0.3) is 0 Å². The van der Waals surface area contributed by atoms with Crippen molar-refractivity contribution in [2.45, 2.75) is 45.6 Å². The highest BCUT2D eigenvalue weighted by atomic mass is 16.4. The molecule has 18 heavy (non-hydrogen) atoms. The van der Waals surface area contributed by atoms with E-state index in [1.807, 2.05) is 0 Å². The molecule has 1 amide bonds. The summed E-state index contributed by atoms with van der Waals surface area (Å²) in [6.45, 7) is 5.25. The fourth-order valence-electron chi connectivity index (χ4n) is 2.62. The Labute approximate surface area is 108 Å². The van der Waals surface area contributed by atoms with E-state index in [0.29, 0.717) is 31.8 Å². The number of carboxylic acid groups (broad SMARTS) is 1. The summed E-state index contributed by atoms with van der Waals surface area (Å²) in [5, 5.41) is 9.05. The van der Waals surface area contributed by atoms with E-state index in [9.17, 15) is 9.59 Å². The first-order valence-corrected chi connectivity index (χ1v) is 6.68. The minimum absolute atomic E-state index is 0.0593. The smallest absolute Gasteiger partial charge is 0.326 e. The van der Waals surface area contributed by atoms with Crippen LogP contribution in [-0.4, -0.2) is 41.0 Å². The highest BCUT2D eigenvalue weighted by Gasteiger charge is 2.34. The second kappa shape index (κ2) is 6.73. The lowest BCUT2D eigenvalue weighted by atomic mass is 9.93. The number of nitrogens with two attached hydrogens (primary N) is 1. The van der Waals surface area contributed by atoms with Crippen molar-refractivity contribution in [2.75, 3.05) is 13.1 Å². The Balaban J connectivity index is 2.55. The van der Waals surface area contributed by atoms with Gasteiger partial charge in [-0.15, -0.1) is 0 Å². The zero-order valence-electron chi connectivity index (χ0n) is 11.3. The number of rotatable bonds is 6. The van der Waals surface area contributed by atoms with Gasteiger partial charge in [-0.3, -0.25) is 4.79 Å². The Bertz CT molecular complexity index is 305. The molecule has 1 fully saturated rings. The van der Waals surface area contributed by atoms with Gasteiger partial charge in [0.05, 0.1) is 0 Å². The molecule has 104 valence electrons. The van der Waals surface area contributed by atoms with Crippen LogP contribution in [0, 0.1) is 11.8 Å². The number of amides is 1. The Morgan fingerprint density at radius 3 is 2.61 bits per heavy atom. The van der Waals surface area contributed by atoms with Crippen LogP contribution in [0.1, 0.15) is 39.5 Å². The summed E-state index contributed by atoms with van der Waals surface area (Å²) in [4.78, 5) is 24.7. The maximum absolute atomic E-state index is 12.1. The number of carbonyl (C=O) groups is 2. The fraction of sp³-hybridized carbons (Fsp3) is 0.846. The quantitative estimate of drug-likeness (QED) is 0.744. The number of aliphatic carboxylic acids is 1. The van der Waals surface area contributed by atoms with Crippen LogP contribution in [0.15, 0.2) is 0 Å². The molecule has 5 nitrogen and oxygen atoms in total. The molecule has 0 saturated carbocycles. The van der Waals surface area contributed by atoms with E-state index >= 15 is 0 Å². The summed E-state index contributed by atoms with van der Waals surface area (Å²) in [6, 6.07) is -0.630. The van der Waals surface area contributed by atoms with Crippen LogP contribution in [0.2, 0.25) is 0 Å². The number of likely N-dealkylation sites (tertiary alicyclic amines) is 1. The summed E-state index contributed by atoms with van der Waals surface area (Å²) in [7, 11) is 0. The minimum atomic E-state index is -0.894. The van der Waals surface area contributed by atoms with Crippen LogP contribution in [0.4, 0.5) is 0 Å². The van der Waals surface area contributed by atoms with E-state index in [-0.39, 0.29) is 11.8 Å². The maximum Gasteiger partial charge on any atom is 0.326 e. The molecular formula is C13H24N2O3. The van der Waals surface area contributed by atoms with Crippen molar-refractivity contribution in [2.24, 2.45) is 17.6 Å². The normalized spacial score (nSPS) is 21.3. The van der Waals surface area contributed by atoms with Crippen LogP contribution < -0.4 is 5.73 Å². The molecule has 0 bridgehead atoms. The SMILES string of the molecule is CC(C)C[C@H](CN)CC(=O)N1CCCC1C(=O)O.